The second kappa shape index (κ2) is 5.56. The lowest BCUT2D eigenvalue weighted by atomic mass is 10.1. The van der Waals surface area contributed by atoms with Crippen LogP contribution in [0, 0.1) is 0 Å². The van der Waals surface area contributed by atoms with Crippen molar-refractivity contribution in [3.8, 4) is 11.5 Å². The van der Waals surface area contributed by atoms with Gasteiger partial charge < -0.3 is 9.84 Å². The molecule has 0 saturated carbocycles. The molecule has 0 saturated heterocycles. The monoisotopic (exact) mass is 262 g/mol. The van der Waals surface area contributed by atoms with Crippen LogP contribution in [0.5, 0.6) is 11.5 Å². The molecular formula is C14H11ClO3. The number of ether oxygens (including phenoxy) is 1. The minimum absolute atomic E-state index is 0.00632. The Balaban J connectivity index is 2.11. The first-order valence-corrected chi connectivity index (χ1v) is 5.76. The third kappa shape index (κ3) is 3.25. The number of aliphatic carboxylic acids is 1. The van der Waals surface area contributed by atoms with E-state index < -0.39 is 5.97 Å². The van der Waals surface area contributed by atoms with Gasteiger partial charge in [-0.05, 0) is 29.8 Å². The van der Waals surface area contributed by atoms with Crippen molar-refractivity contribution in [1.82, 2.24) is 0 Å². The van der Waals surface area contributed by atoms with E-state index in [9.17, 15) is 4.79 Å². The highest BCUT2D eigenvalue weighted by Crippen LogP contribution is 2.28. The maximum Gasteiger partial charge on any atom is 0.307 e. The molecule has 1 N–H and O–H groups in total. The Kier molecular flexibility index (Phi) is 3.85. The summed E-state index contributed by atoms with van der Waals surface area (Å²) in [5, 5.41) is 9.19. The van der Waals surface area contributed by atoms with Gasteiger partial charge in [-0.15, -0.1) is 0 Å². The standard InChI is InChI=1S/C14H11ClO3/c15-12-3-1-2-4-13(12)18-11-7-5-10(6-8-11)9-14(16)17/h1-8H,9H2,(H,16,17). The Morgan fingerprint density at radius 1 is 1.11 bits per heavy atom. The molecule has 2 aromatic carbocycles. The average molecular weight is 263 g/mol. The summed E-state index contributed by atoms with van der Waals surface area (Å²) >= 11 is 5.97. The fourth-order valence-electron chi connectivity index (χ4n) is 1.50. The van der Waals surface area contributed by atoms with Gasteiger partial charge in [0.2, 0.25) is 0 Å². The molecule has 2 rings (SSSR count). The summed E-state index contributed by atoms with van der Waals surface area (Å²) in [7, 11) is 0. The number of carboxylic acids is 1. The molecule has 0 aromatic heterocycles. The number of hydrogen-bond donors (Lipinski definition) is 1. The van der Waals surface area contributed by atoms with Crippen LogP contribution in [0.3, 0.4) is 0 Å². The fourth-order valence-corrected chi connectivity index (χ4v) is 1.68. The zero-order valence-electron chi connectivity index (χ0n) is 9.47. The van der Waals surface area contributed by atoms with Crippen LogP contribution in [0.1, 0.15) is 5.56 Å². The van der Waals surface area contributed by atoms with Gasteiger partial charge in [0.1, 0.15) is 11.5 Å². The molecule has 92 valence electrons. The highest BCUT2D eigenvalue weighted by atomic mass is 35.5. The fraction of sp³-hybridized carbons (Fsp3) is 0.0714. The van der Waals surface area contributed by atoms with Crippen LogP contribution in [0.25, 0.3) is 0 Å². The lowest BCUT2D eigenvalue weighted by Gasteiger charge is -2.07. The molecule has 3 nitrogen and oxygen atoms in total. The molecule has 0 bridgehead atoms. The van der Waals surface area contributed by atoms with Crippen molar-refractivity contribution in [2.75, 3.05) is 0 Å². The van der Waals surface area contributed by atoms with Gasteiger partial charge in [-0.25, -0.2) is 0 Å². The highest BCUT2D eigenvalue weighted by Gasteiger charge is 2.03. The Bertz CT molecular complexity index is 549. The largest absolute Gasteiger partial charge is 0.481 e. The molecule has 0 radical (unpaired) electrons. The lowest BCUT2D eigenvalue weighted by Crippen LogP contribution is -1.99. The van der Waals surface area contributed by atoms with Crippen molar-refractivity contribution in [3.63, 3.8) is 0 Å². The van der Waals surface area contributed by atoms with Crippen LogP contribution in [-0.4, -0.2) is 11.1 Å². The van der Waals surface area contributed by atoms with Crippen LogP contribution in [0.4, 0.5) is 0 Å². The van der Waals surface area contributed by atoms with Crippen molar-refractivity contribution < 1.29 is 14.6 Å². The predicted molar refractivity (Wildman–Crippen MR) is 69.3 cm³/mol. The minimum atomic E-state index is -0.852. The Labute approximate surface area is 110 Å². The van der Waals surface area contributed by atoms with E-state index in [2.05, 4.69) is 0 Å². The first kappa shape index (κ1) is 12.5. The number of hydrogen-bond acceptors (Lipinski definition) is 2. The van der Waals surface area contributed by atoms with Crippen molar-refractivity contribution >= 4 is 17.6 Å². The molecule has 0 aliphatic carbocycles. The lowest BCUT2D eigenvalue weighted by molar-refractivity contribution is -0.136. The van der Waals surface area contributed by atoms with E-state index in [0.717, 1.165) is 5.56 Å². The quantitative estimate of drug-likeness (QED) is 0.913. The zero-order valence-corrected chi connectivity index (χ0v) is 10.2. The van der Waals surface area contributed by atoms with Crippen molar-refractivity contribution in [1.29, 1.82) is 0 Å². The van der Waals surface area contributed by atoms with Crippen molar-refractivity contribution in [2.24, 2.45) is 0 Å². The molecule has 2 aromatic rings. The molecular weight excluding hydrogens is 252 g/mol. The third-order valence-electron chi connectivity index (χ3n) is 2.34. The first-order valence-electron chi connectivity index (χ1n) is 5.38. The number of rotatable bonds is 4. The summed E-state index contributed by atoms with van der Waals surface area (Å²) in [5.74, 6) is 0.345. The molecule has 0 spiro atoms. The normalized spacial score (nSPS) is 10.1. The average Bonchev–Trinajstić information content (AvgIpc) is 2.34. The Hall–Kier alpha value is -2.00. The van der Waals surface area contributed by atoms with Gasteiger partial charge in [-0.2, -0.15) is 0 Å². The molecule has 0 amide bonds. The first-order chi connectivity index (χ1) is 8.65. The molecule has 4 heteroatoms. The summed E-state index contributed by atoms with van der Waals surface area (Å²) in [5.41, 5.74) is 0.731. The summed E-state index contributed by atoms with van der Waals surface area (Å²) < 4.78 is 5.59. The molecule has 0 aliphatic rings. The van der Waals surface area contributed by atoms with Gasteiger partial charge >= 0.3 is 5.97 Å². The molecule has 0 atom stereocenters. The van der Waals surface area contributed by atoms with Crippen LogP contribution in [0.15, 0.2) is 48.5 Å². The summed E-state index contributed by atoms with van der Waals surface area (Å²) in [4.78, 5) is 10.5. The maximum atomic E-state index is 10.5. The van der Waals surface area contributed by atoms with Crippen LogP contribution < -0.4 is 4.74 Å². The van der Waals surface area contributed by atoms with E-state index in [4.69, 9.17) is 21.4 Å². The summed E-state index contributed by atoms with van der Waals surface area (Å²) in [6, 6.07) is 14.1. The summed E-state index contributed by atoms with van der Waals surface area (Å²) in [6.45, 7) is 0. The van der Waals surface area contributed by atoms with E-state index in [1.54, 1.807) is 36.4 Å². The van der Waals surface area contributed by atoms with E-state index >= 15 is 0 Å². The molecule has 0 unspecified atom stereocenters. The minimum Gasteiger partial charge on any atom is -0.481 e. The van der Waals surface area contributed by atoms with Gasteiger partial charge in [0.15, 0.2) is 0 Å². The van der Waals surface area contributed by atoms with Gasteiger partial charge in [0, 0.05) is 0 Å². The van der Waals surface area contributed by atoms with E-state index in [1.165, 1.54) is 0 Å². The Morgan fingerprint density at radius 3 is 2.39 bits per heavy atom. The molecule has 0 fully saturated rings. The van der Waals surface area contributed by atoms with Gasteiger partial charge in [-0.3, -0.25) is 4.79 Å². The SMILES string of the molecule is O=C(O)Cc1ccc(Oc2ccccc2Cl)cc1. The van der Waals surface area contributed by atoms with Crippen LogP contribution in [0.2, 0.25) is 5.02 Å². The van der Waals surface area contributed by atoms with Crippen LogP contribution in [-0.2, 0) is 11.2 Å². The maximum absolute atomic E-state index is 10.5. The Morgan fingerprint density at radius 2 is 1.78 bits per heavy atom. The number of benzene rings is 2. The van der Waals surface area contributed by atoms with E-state index in [-0.39, 0.29) is 6.42 Å². The van der Waals surface area contributed by atoms with Gasteiger partial charge in [0.25, 0.3) is 0 Å². The predicted octanol–water partition coefficient (Wildman–Crippen LogP) is 3.76. The number of carboxylic acid groups (broad SMARTS) is 1. The smallest absolute Gasteiger partial charge is 0.307 e. The van der Waals surface area contributed by atoms with Gasteiger partial charge in [0.05, 0.1) is 11.4 Å². The molecule has 0 aliphatic heterocycles. The summed E-state index contributed by atoms with van der Waals surface area (Å²) in [6.07, 6.45) is 0.00632. The number of carbonyl (C=O) groups is 1. The van der Waals surface area contributed by atoms with Crippen molar-refractivity contribution in [2.45, 2.75) is 6.42 Å². The number of para-hydroxylation sites is 1. The van der Waals surface area contributed by atoms with Crippen molar-refractivity contribution in [3.05, 3.63) is 59.1 Å². The molecule has 18 heavy (non-hydrogen) atoms. The van der Waals surface area contributed by atoms with Gasteiger partial charge in [-0.1, -0.05) is 35.9 Å². The van der Waals surface area contributed by atoms with E-state index in [0.29, 0.717) is 16.5 Å². The van der Waals surface area contributed by atoms with Crippen LogP contribution >= 0.6 is 11.6 Å². The third-order valence-corrected chi connectivity index (χ3v) is 2.66. The topological polar surface area (TPSA) is 46.5 Å². The second-order valence-electron chi connectivity index (χ2n) is 3.75. The molecule has 0 heterocycles. The van der Waals surface area contributed by atoms with E-state index in [1.807, 2.05) is 12.1 Å². The second-order valence-corrected chi connectivity index (χ2v) is 4.15. The zero-order chi connectivity index (χ0) is 13.0. The number of halogens is 1. The highest BCUT2D eigenvalue weighted by molar-refractivity contribution is 6.32.